The number of nitrogens with zero attached hydrogens (tertiary/aromatic N) is 3. The first-order valence-corrected chi connectivity index (χ1v) is 25.1. The quantitative estimate of drug-likeness (QED) is 0.122. The summed E-state index contributed by atoms with van der Waals surface area (Å²) in [5, 5.41) is 4.50. The minimum atomic E-state index is 0.856. The molecule has 12 aromatic carbocycles. The highest BCUT2D eigenvalue weighted by Crippen LogP contribution is 2.45. The fourth-order valence-corrected chi connectivity index (χ4v) is 10.4. The van der Waals surface area contributed by atoms with Crippen molar-refractivity contribution in [2.24, 2.45) is 0 Å². The highest BCUT2D eigenvalue weighted by molar-refractivity contribution is 6.06. The van der Waals surface area contributed by atoms with E-state index in [2.05, 4.69) is 300 Å². The van der Waals surface area contributed by atoms with E-state index in [1.165, 1.54) is 22.3 Å². The molecule has 13 aromatic rings. The molecule has 74 heavy (non-hydrogen) atoms. The van der Waals surface area contributed by atoms with Gasteiger partial charge < -0.3 is 19.1 Å². The minimum Gasteiger partial charge on any atom is -0.456 e. The molecule has 0 amide bonds. The van der Waals surface area contributed by atoms with Crippen LogP contribution < -0.4 is 14.7 Å². The van der Waals surface area contributed by atoms with Crippen LogP contribution in [0.15, 0.2) is 302 Å². The second-order valence-corrected chi connectivity index (χ2v) is 18.6. The number of hydrogen-bond acceptors (Lipinski definition) is 4. The van der Waals surface area contributed by atoms with E-state index < -0.39 is 0 Å². The molecule has 0 saturated carbocycles. The van der Waals surface area contributed by atoms with Gasteiger partial charge in [-0.3, -0.25) is 0 Å². The van der Waals surface area contributed by atoms with Crippen molar-refractivity contribution in [3.63, 3.8) is 0 Å². The molecule has 350 valence electrons. The monoisotopic (exact) mass is 947 g/mol. The minimum absolute atomic E-state index is 0.856. The largest absolute Gasteiger partial charge is 0.456 e. The zero-order chi connectivity index (χ0) is 49.2. The van der Waals surface area contributed by atoms with Gasteiger partial charge in [0.25, 0.3) is 0 Å². The maximum Gasteiger partial charge on any atom is 0.137 e. The number of benzene rings is 12. The molecule has 0 unspecified atom stereocenters. The molecule has 4 heteroatoms. The summed E-state index contributed by atoms with van der Waals surface area (Å²) in [7, 11) is 0. The predicted molar refractivity (Wildman–Crippen MR) is 312 cm³/mol. The molecule has 13 rings (SSSR count). The molecule has 0 aliphatic carbocycles. The van der Waals surface area contributed by atoms with Gasteiger partial charge in [-0.1, -0.05) is 176 Å². The Morgan fingerprint density at radius 2 is 0.554 bits per heavy atom. The van der Waals surface area contributed by atoms with Crippen LogP contribution in [-0.4, -0.2) is 0 Å². The van der Waals surface area contributed by atoms with Crippen LogP contribution >= 0.6 is 0 Å². The lowest BCUT2D eigenvalue weighted by Gasteiger charge is -2.30. The van der Waals surface area contributed by atoms with E-state index in [-0.39, 0.29) is 0 Å². The number of fused-ring (bicyclic) bond motifs is 4. The van der Waals surface area contributed by atoms with E-state index >= 15 is 0 Å². The zero-order valence-electron chi connectivity index (χ0n) is 40.5. The lowest BCUT2D eigenvalue weighted by atomic mass is 9.98. The van der Waals surface area contributed by atoms with Crippen LogP contribution in [0.5, 0.6) is 0 Å². The van der Waals surface area contributed by atoms with Crippen LogP contribution in [0.2, 0.25) is 0 Å². The molecule has 0 spiro atoms. The summed E-state index contributed by atoms with van der Waals surface area (Å²) in [5.74, 6) is 0. The first-order chi connectivity index (χ1) is 36.7. The third kappa shape index (κ3) is 8.61. The van der Waals surface area contributed by atoms with Gasteiger partial charge in [0.15, 0.2) is 0 Å². The molecule has 0 N–H and O–H groups in total. The summed E-state index contributed by atoms with van der Waals surface area (Å²) in [6.45, 7) is 0. The van der Waals surface area contributed by atoms with Gasteiger partial charge in [-0.05, 0) is 159 Å². The third-order valence-electron chi connectivity index (χ3n) is 14.0. The van der Waals surface area contributed by atoms with Crippen molar-refractivity contribution in [3.8, 4) is 33.4 Å². The van der Waals surface area contributed by atoms with Gasteiger partial charge in [0.1, 0.15) is 11.2 Å². The Bertz CT molecular complexity index is 4010. The van der Waals surface area contributed by atoms with Crippen LogP contribution in [0.25, 0.3) is 66.1 Å². The van der Waals surface area contributed by atoms with Crippen LogP contribution in [0, 0.1) is 0 Å². The SMILES string of the molecule is c1ccc(-c2ccc(N(c3ccccc3)c3cc(-c4ccc5cc(N(c6ccc(-c7ccccc7)cc6)c6ccc7c(c6)oc6ccccc67)ccc5c4)cc(N(c4ccccc4)c4ccccc4)c3)cc2)cc1. The second-order valence-electron chi connectivity index (χ2n) is 18.6. The molecular weight excluding hydrogens is 899 g/mol. The molecule has 1 heterocycles. The predicted octanol–water partition coefficient (Wildman–Crippen LogP) is 20.1. The third-order valence-corrected chi connectivity index (χ3v) is 14.0. The number of furan rings is 1. The Morgan fingerprint density at radius 1 is 0.189 bits per heavy atom. The summed E-state index contributed by atoms with van der Waals surface area (Å²) in [6.07, 6.45) is 0. The van der Waals surface area contributed by atoms with Crippen LogP contribution in [-0.2, 0) is 0 Å². The highest BCUT2D eigenvalue weighted by atomic mass is 16.3. The molecule has 4 nitrogen and oxygen atoms in total. The van der Waals surface area contributed by atoms with Crippen molar-refractivity contribution in [2.45, 2.75) is 0 Å². The van der Waals surface area contributed by atoms with Gasteiger partial charge in [0.05, 0.1) is 0 Å². The van der Waals surface area contributed by atoms with Gasteiger partial charge in [-0.25, -0.2) is 0 Å². The van der Waals surface area contributed by atoms with Crippen molar-refractivity contribution in [3.05, 3.63) is 297 Å². The van der Waals surface area contributed by atoms with Crippen molar-refractivity contribution >= 4 is 83.9 Å². The smallest absolute Gasteiger partial charge is 0.137 e. The Balaban J connectivity index is 0.945. The first-order valence-electron chi connectivity index (χ1n) is 25.1. The standard InChI is InChI=1S/C70H49N3O/c1-6-18-50(19-7-1)52-32-37-61(38-33-52)72(60-26-14-5-15-27-60)66-47-57(46-65(48-66)71(58-22-10-3-11-23-58)59-24-12-4-13-25-59)55-30-31-56-45-63(41-36-54(56)44-55)73(62-39-34-53(35-40-62)51-20-8-2-9-21-51)64-42-43-68-67-28-16-17-29-69(67)74-70(68)49-64/h1-49H. The summed E-state index contributed by atoms with van der Waals surface area (Å²) in [5.41, 5.74) is 18.2. The fourth-order valence-electron chi connectivity index (χ4n) is 10.4. The summed E-state index contributed by atoms with van der Waals surface area (Å²) >= 11 is 0. The van der Waals surface area contributed by atoms with E-state index in [9.17, 15) is 0 Å². The van der Waals surface area contributed by atoms with Crippen LogP contribution in [0.4, 0.5) is 51.2 Å². The Labute approximate surface area is 431 Å². The highest BCUT2D eigenvalue weighted by Gasteiger charge is 2.21. The van der Waals surface area contributed by atoms with Gasteiger partial charge in [-0.2, -0.15) is 0 Å². The molecule has 0 aliphatic rings. The van der Waals surface area contributed by atoms with E-state index in [0.717, 1.165) is 95.0 Å². The molecule has 0 saturated heterocycles. The Hall–Kier alpha value is -9.90. The maximum atomic E-state index is 6.45. The lowest BCUT2D eigenvalue weighted by Crippen LogP contribution is -2.13. The zero-order valence-corrected chi connectivity index (χ0v) is 40.5. The number of para-hydroxylation sites is 4. The van der Waals surface area contributed by atoms with Crippen molar-refractivity contribution in [1.29, 1.82) is 0 Å². The topological polar surface area (TPSA) is 22.9 Å². The van der Waals surface area contributed by atoms with Gasteiger partial charge in [0.2, 0.25) is 0 Å². The van der Waals surface area contributed by atoms with Crippen LogP contribution in [0.1, 0.15) is 0 Å². The maximum absolute atomic E-state index is 6.45. The van der Waals surface area contributed by atoms with E-state index in [0.29, 0.717) is 0 Å². The average Bonchev–Trinajstić information content (AvgIpc) is 3.85. The Morgan fingerprint density at radius 3 is 1.09 bits per heavy atom. The molecule has 0 radical (unpaired) electrons. The van der Waals surface area contributed by atoms with Crippen molar-refractivity contribution < 1.29 is 4.42 Å². The van der Waals surface area contributed by atoms with Gasteiger partial charge in [0, 0.05) is 68.0 Å². The first kappa shape index (κ1) is 44.1. The average molecular weight is 948 g/mol. The summed E-state index contributed by atoms with van der Waals surface area (Å²) in [4.78, 5) is 7.05. The van der Waals surface area contributed by atoms with Crippen molar-refractivity contribution in [2.75, 3.05) is 14.7 Å². The fraction of sp³-hybridized carbons (Fsp3) is 0. The molecule has 0 aliphatic heterocycles. The van der Waals surface area contributed by atoms with Gasteiger partial charge >= 0.3 is 0 Å². The van der Waals surface area contributed by atoms with Crippen LogP contribution in [0.3, 0.4) is 0 Å². The number of anilines is 9. The van der Waals surface area contributed by atoms with E-state index in [1.807, 2.05) is 12.1 Å². The Kier molecular flexibility index (Phi) is 11.5. The summed E-state index contributed by atoms with van der Waals surface area (Å²) < 4.78 is 6.45. The van der Waals surface area contributed by atoms with Gasteiger partial charge in [-0.15, -0.1) is 0 Å². The normalized spacial score (nSPS) is 11.2. The lowest BCUT2D eigenvalue weighted by molar-refractivity contribution is 0.669. The molecular formula is C70H49N3O. The molecule has 0 fully saturated rings. The van der Waals surface area contributed by atoms with Crippen molar-refractivity contribution in [1.82, 2.24) is 0 Å². The van der Waals surface area contributed by atoms with E-state index in [4.69, 9.17) is 4.42 Å². The molecule has 1 aromatic heterocycles. The second kappa shape index (κ2) is 19.4. The molecule has 0 bridgehead atoms. The number of hydrogen-bond donors (Lipinski definition) is 0. The number of rotatable bonds is 12. The van der Waals surface area contributed by atoms with E-state index in [1.54, 1.807) is 0 Å². The summed E-state index contributed by atoms with van der Waals surface area (Å²) in [6, 6.07) is 106. The molecule has 0 atom stereocenters.